The summed E-state index contributed by atoms with van der Waals surface area (Å²) in [5.41, 5.74) is 6.62. The third-order valence-corrected chi connectivity index (χ3v) is 5.54. The Bertz CT molecular complexity index is 827. The van der Waals surface area contributed by atoms with Crippen LogP contribution in [0.3, 0.4) is 0 Å². The van der Waals surface area contributed by atoms with Crippen molar-refractivity contribution in [3.63, 3.8) is 0 Å². The number of nitrogens with one attached hydrogen (secondary N) is 3. The number of carboxylic acid groups (broad SMARTS) is 1. The van der Waals surface area contributed by atoms with Crippen LogP contribution in [0.5, 0.6) is 5.75 Å². The van der Waals surface area contributed by atoms with Gasteiger partial charge in [0.1, 0.15) is 23.9 Å². The molecule has 0 aliphatic rings. The lowest BCUT2D eigenvalue weighted by molar-refractivity contribution is -0.141. The van der Waals surface area contributed by atoms with Crippen LogP contribution in [-0.2, 0) is 25.6 Å². The van der Waals surface area contributed by atoms with E-state index in [4.69, 9.17) is 10.8 Å². The minimum atomic E-state index is -1.22. The lowest BCUT2D eigenvalue weighted by Crippen LogP contribution is -2.59. The summed E-state index contributed by atoms with van der Waals surface area (Å²) in [4.78, 5) is 49.5. The van der Waals surface area contributed by atoms with Crippen LogP contribution in [0, 0.1) is 11.8 Å². The number of carboxylic acids is 1. The smallest absolute Gasteiger partial charge is 0.325 e. The zero-order chi connectivity index (χ0) is 25.3. The molecule has 1 aromatic carbocycles. The molecule has 5 unspecified atom stereocenters. The molecule has 0 heterocycles. The van der Waals surface area contributed by atoms with E-state index in [1.807, 2.05) is 13.8 Å². The number of amides is 3. The molecule has 1 rings (SSSR count). The number of aliphatic carboxylic acids is 1. The van der Waals surface area contributed by atoms with Crippen LogP contribution in [0.15, 0.2) is 24.3 Å². The average molecular weight is 465 g/mol. The van der Waals surface area contributed by atoms with Crippen molar-refractivity contribution in [1.82, 2.24) is 16.0 Å². The normalized spacial score (nSPS) is 15.6. The highest BCUT2D eigenvalue weighted by Crippen LogP contribution is 2.13. The number of aromatic hydroxyl groups is 1. The summed E-state index contributed by atoms with van der Waals surface area (Å²) in [6, 6.07) is 2.08. The van der Waals surface area contributed by atoms with E-state index in [-0.39, 0.29) is 24.0 Å². The van der Waals surface area contributed by atoms with Gasteiger partial charge in [-0.15, -0.1) is 0 Å². The van der Waals surface area contributed by atoms with Crippen LogP contribution < -0.4 is 21.7 Å². The van der Waals surface area contributed by atoms with Crippen molar-refractivity contribution in [1.29, 1.82) is 0 Å². The molecular weight excluding hydrogens is 428 g/mol. The van der Waals surface area contributed by atoms with E-state index in [9.17, 15) is 24.3 Å². The highest BCUT2D eigenvalue weighted by atomic mass is 16.4. The molecule has 0 aromatic heterocycles. The largest absolute Gasteiger partial charge is 0.508 e. The second-order valence-corrected chi connectivity index (χ2v) is 8.64. The number of benzene rings is 1. The Balaban J connectivity index is 3.06. The van der Waals surface area contributed by atoms with Gasteiger partial charge in [-0.1, -0.05) is 46.2 Å². The van der Waals surface area contributed by atoms with Crippen LogP contribution in [0.25, 0.3) is 0 Å². The highest BCUT2D eigenvalue weighted by Gasteiger charge is 2.31. The van der Waals surface area contributed by atoms with E-state index in [2.05, 4.69) is 16.0 Å². The SMILES string of the molecule is CCC(C)C(N)C(=O)NC(C(=O)NC(Cc1ccc(O)cc1)C(=O)NC(C)C(=O)O)C(C)C. The Morgan fingerprint density at radius 3 is 1.97 bits per heavy atom. The van der Waals surface area contributed by atoms with Crippen molar-refractivity contribution in [3.8, 4) is 5.75 Å². The van der Waals surface area contributed by atoms with Gasteiger partial charge in [-0.25, -0.2) is 0 Å². The molecule has 5 atom stereocenters. The number of rotatable bonds is 12. The van der Waals surface area contributed by atoms with Crippen molar-refractivity contribution in [2.75, 3.05) is 0 Å². The van der Waals surface area contributed by atoms with Crippen LogP contribution in [0.1, 0.15) is 46.6 Å². The molecule has 33 heavy (non-hydrogen) atoms. The van der Waals surface area contributed by atoms with Gasteiger partial charge in [0, 0.05) is 6.42 Å². The van der Waals surface area contributed by atoms with E-state index < -0.39 is 47.9 Å². The van der Waals surface area contributed by atoms with E-state index in [0.29, 0.717) is 12.0 Å². The number of nitrogens with two attached hydrogens (primary N) is 1. The van der Waals surface area contributed by atoms with Crippen molar-refractivity contribution >= 4 is 23.7 Å². The Kier molecular flexibility index (Phi) is 10.8. The zero-order valence-electron chi connectivity index (χ0n) is 19.8. The van der Waals surface area contributed by atoms with Gasteiger partial charge in [-0.3, -0.25) is 19.2 Å². The van der Waals surface area contributed by atoms with Gasteiger partial charge in [0.15, 0.2) is 0 Å². The molecule has 10 nitrogen and oxygen atoms in total. The summed E-state index contributed by atoms with van der Waals surface area (Å²) in [7, 11) is 0. The average Bonchev–Trinajstić information content (AvgIpc) is 2.76. The number of phenolic OH excluding ortho intramolecular Hbond substituents is 1. The third kappa shape index (κ3) is 8.72. The standard InChI is InChI=1S/C23H36N4O6/c1-6-13(4)18(24)21(30)27-19(12(2)3)22(31)26-17(20(29)25-14(5)23(32)33)11-15-7-9-16(28)10-8-15/h7-10,12-14,17-19,28H,6,11,24H2,1-5H3,(H,25,29)(H,26,31)(H,27,30)(H,32,33). The predicted molar refractivity (Wildman–Crippen MR) is 123 cm³/mol. The maximum absolute atomic E-state index is 13.1. The fourth-order valence-electron chi connectivity index (χ4n) is 3.01. The van der Waals surface area contributed by atoms with E-state index in [0.717, 1.165) is 0 Å². The van der Waals surface area contributed by atoms with Crippen molar-refractivity contribution in [2.24, 2.45) is 17.6 Å². The first-order chi connectivity index (χ1) is 15.4. The van der Waals surface area contributed by atoms with Gasteiger partial charge < -0.3 is 31.9 Å². The highest BCUT2D eigenvalue weighted by molar-refractivity contribution is 5.94. The summed E-state index contributed by atoms with van der Waals surface area (Å²) in [5.74, 6) is -3.28. The molecule has 1 aromatic rings. The topological polar surface area (TPSA) is 171 Å². The van der Waals surface area contributed by atoms with E-state index in [1.54, 1.807) is 26.0 Å². The predicted octanol–water partition coefficient (Wildman–Crippen LogP) is 0.523. The molecule has 184 valence electrons. The number of phenols is 1. The van der Waals surface area contributed by atoms with Crippen LogP contribution in [-0.4, -0.2) is 58.1 Å². The van der Waals surface area contributed by atoms with Gasteiger partial charge in [-0.05, 0) is 36.5 Å². The molecule has 0 aliphatic carbocycles. The quantitative estimate of drug-likeness (QED) is 0.262. The zero-order valence-corrected chi connectivity index (χ0v) is 19.8. The summed E-state index contributed by atoms with van der Waals surface area (Å²) in [5, 5.41) is 26.2. The van der Waals surface area contributed by atoms with Gasteiger partial charge >= 0.3 is 5.97 Å². The molecule has 0 radical (unpaired) electrons. The number of carbonyl (C=O) groups excluding carboxylic acids is 3. The number of hydrogen-bond acceptors (Lipinski definition) is 6. The Labute approximate surface area is 194 Å². The van der Waals surface area contributed by atoms with Crippen molar-refractivity contribution in [3.05, 3.63) is 29.8 Å². The second kappa shape index (κ2) is 12.8. The Morgan fingerprint density at radius 1 is 0.909 bits per heavy atom. The summed E-state index contributed by atoms with van der Waals surface area (Å²) >= 11 is 0. The molecule has 0 bridgehead atoms. The molecule has 10 heteroatoms. The van der Waals surface area contributed by atoms with Gasteiger partial charge in [0.2, 0.25) is 17.7 Å². The van der Waals surface area contributed by atoms with Crippen LogP contribution in [0.2, 0.25) is 0 Å². The lowest BCUT2D eigenvalue weighted by Gasteiger charge is -2.27. The second-order valence-electron chi connectivity index (χ2n) is 8.64. The lowest BCUT2D eigenvalue weighted by atomic mass is 9.97. The molecule has 0 fully saturated rings. The third-order valence-electron chi connectivity index (χ3n) is 5.54. The Morgan fingerprint density at radius 2 is 1.48 bits per heavy atom. The Hall–Kier alpha value is -3.14. The van der Waals surface area contributed by atoms with Gasteiger partial charge in [0.25, 0.3) is 0 Å². The first-order valence-corrected chi connectivity index (χ1v) is 11.0. The van der Waals surface area contributed by atoms with Crippen LogP contribution in [0.4, 0.5) is 0 Å². The fourth-order valence-corrected chi connectivity index (χ4v) is 3.01. The van der Waals surface area contributed by atoms with Gasteiger partial charge in [-0.2, -0.15) is 0 Å². The first-order valence-electron chi connectivity index (χ1n) is 11.0. The minimum absolute atomic E-state index is 0.0449. The molecule has 0 aliphatic heterocycles. The summed E-state index contributed by atoms with van der Waals surface area (Å²) in [6.45, 7) is 8.57. The molecule has 0 spiro atoms. The maximum atomic E-state index is 13.1. The molecular formula is C23H36N4O6. The molecule has 0 saturated carbocycles. The minimum Gasteiger partial charge on any atom is -0.508 e. The number of hydrogen-bond donors (Lipinski definition) is 6. The van der Waals surface area contributed by atoms with Gasteiger partial charge in [0.05, 0.1) is 6.04 Å². The monoisotopic (exact) mass is 464 g/mol. The van der Waals surface area contributed by atoms with E-state index >= 15 is 0 Å². The molecule has 3 amide bonds. The molecule has 7 N–H and O–H groups in total. The summed E-state index contributed by atoms with van der Waals surface area (Å²) < 4.78 is 0. The first kappa shape index (κ1) is 27.9. The molecule has 0 saturated heterocycles. The maximum Gasteiger partial charge on any atom is 0.325 e. The fraction of sp³-hybridized carbons (Fsp3) is 0.565. The van der Waals surface area contributed by atoms with Crippen molar-refractivity contribution < 1.29 is 29.4 Å². The van der Waals surface area contributed by atoms with E-state index in [1.165, 1.54) is 19.1 Å². The number of carbonyl (C=O) groups is 4. The van der Waals surface area contributed by atoms with Crippen molar-refractivity contribution in [2.45, 2.75) is 71.6 Å². The van der Waals surface area contributed by atoms with Crippen LogP contribution >= 0.6 is 0 Å². The summed E-state index contributed by atoms with van der Waals surface area (Å²) in [6.07, 6.45) is 0.749.